The van der Waals surface area contributed by atoms with E-state index < -0.39 is 5.97 Å². The molecule has 0 amide bonds. The van der Waals surface area contributed by atoms with E-state index in [9.17, 15) is 4.79 Å². The summed E-state index contributed by atoms with van der Waals surface area (Å²) < 4.78 is 0. The van der Waals surface area contributed by atoms with E-state index in [-0.39, 0.29) is 0 Å². The number of hydrogen-bond acceptors (Lipinski definition) is 2. The minimum absolute atomic E-state index is 0.636. The van der Waals surface area contributed by atoms with Crippen molar-refractivity contribution < 1.29 is 9.90 Å². The molecule has 0 saturated heterocycles. The Morgan fingerprint density at radius 3 is 2.65 bits per heavy atom. The van der Waals surface area contributed by atoms with Gasteiger partial charge in [-0.05, 0) is 24.5 Å². The predicted molar refractivity (Wildman–Crippen MR) is 70.6 cm³/mol. The van der Waals surface area contributed by atoms with Gasteiger partial charge in [-0.1, -0.05) is 38.0 Å². The van der Waals surface area contributed by atoms with Crippen molar-refractivity contribution in [1.29, 1.82) is 0 Å². The number of hydrogen-bond donors (Lipinski definition) is 2. The zero-order valence-electron chi connectivity index (χ0n) is 10.1. The molecule has 0 spiro atoms. The Morgan fingerprint density at radius 1 is 1.35 bits per heavy atom. The van der Waals surface area contributed by atoms with Crippen molar-refractivity contribution in [2.45, 2.75) is 32.6 Å². The molecular weight excluding hydrogens is 214 g/mol. The second-order valence-corrected chi connectivity index (χ2v) is 4.05. The highest BCUT2D eigenvalue weighted by atomic mass is 16.4. The Hall–Kier alpha value is -1.77. The van der Waals surface area contributed by atoms with E-state index in [1.54, 1.807) is 6.07 Å². The molecule has 92 valence electrons. The molecule has 0 aliphatic heterocycles. The first kappa shape index (κ1) is 13.3. The highest BCUT2D eigenvalue weighted by Gasteiger charge is 2.07. The van der Waals surface area contributed by atoms with E-state index in [4.69, 9.17) is 10.8 Å². The Kier molecular flexibility index (Phi) is 5.27. The van der Waals surface area contributed by atoms with Crippen LogP contribution in [0.4, 0.5) is 5.69 Å². The van der Waals surface area contributed by atoms with Crippen molar-refractivity contribution in [3.05, 3.63) is 35.9 Å². The minimum Gasteiger partial charge on any atom is -0.478 e. The van der Waals surface area contributed by atoms with Gasteiger partial charge in [0.2, 0.25) is 0 Å². The Morgan fingerprint density at radius 2 is 2.06 bits per heavy atom. The first-order valence-corrected chi connectivity index (χ1v) is 5.93. The average molecular weight is 233 g/mol. The molecule has 17 heavy (non-hydrogen) atoms. The second kappa shape index (κ2) is 6.74. The highest BCUT2D eigenvalue weighted by molar-refractivity contribution is 5.91. The van der Waals surface area contributed by atoms with Crippen LogP contribution in [-0.2, 0) is 4.79 Å². The van der Waals surface area contributed by atoms with Gasteiger partial charge >= 0.3 is 5.97 Å². The van der Waals surface area contributed by atoms with E-state index in [2.05, 4.69) is 6.92 Å². The quantitative estimate of drug-likeness (QED) is 0.450. The fourth-order valence-electron chi connectivity index (χ4n) is 1.79. The van der Waals surface area contributed by atoms with E-state index in [1.165, 1.54) is 6.08 Å². The van der Waals surface area contributed by atoms with Crippen molar-refractivity contribution >= 4 is 17.2 Å². The molecule has 1 aromatic rings. The Labute approximate surface area is 102 Å². The van der Waals surface area contributed by atoms with Gasteiger partial charge in [0.25, 0.3) is 0 Å². The Balaban J connectivity index is 2.91. The first-order valence-electron chi connectivity index (χ1n) is 5.93. The lowest BCUT2D eigenvalue weighted by atomic mass is 9.98. The van der Waals surface area contributed by atoms with Gasteiger partial charge in [0, 0.05) is 17.3 Å². The van der Waals surface area contributed by atoms with Crippen molar-refractivity contribution in [3.63, 3.8) is 0 Å². The van der Waals surface area contributed by atoms with Gasteiger partial charge in [0.05, 0.1) is 0 Å². The number of aliphatic carboxylic acids is 1. The molecule has 0 heterocycles. The highest BCUT2D eigenvalue weighted by Crippen LogP contribution is 2.25. The molecule has 3 N–H and O–H groups in total. The molecule has 1 rings (SSSR count). The molecule has 0 aliphatic rings. The summed E-state index contributed by atoms with van der Waals surface area (Å²) in [5.41, 5.74) is 8.15. The van der Waals surface area contributed by atoms with Crippen molar-refractivity contribution in [2.24, 2.45) is 0 Å². The predicted octanol–water partition coefficient (Wildman–Crippen LogP) is 3.32. The molecule has 0 unspecified atom stereocenters. The van der Waals surface area contributed by atoms with Crippen LogP contribution in [0.5, 0.6) is 0 Å². The van der Waals surface area contributed by atoms with E-state index in [0.29, 0.717) is 5.69 Å². The molecule has 0 atom stereocenters. The van der Waals surface area contributed by atoms with Crippen LogP contribution in [0.25, 0.3) is 5.57 Å². The van der Waals surface area contributed by atoms with Crippen LogP contribution in [0.1, 0.15) is 38.2 Å². The third kappa shape index (κ3) is 4.31. The third-order valence-corrected chi connectivity index (χ3v) is 2.65. The number of rotatable bonds is 6. The summed E-state index contributed by atoms with van der Waals surface area (Å²) >= 11 is 0. The first-order chi connectivity index (χ1) is 8.15. The van der Waals surface area contributed by atoms with Crippen LogP contribution >= 0.6 is 0 Å². The largest absolute Gasteiger partial charge is 0.478 e. The van der Waals surface area contributed by atoms with Gasteiger partial charge in [-0.2, -0.15) is 0 Å². The van der Waals surface area contributed by atoms with Gasteiger partial charge in [-0.25, -0.2) is 4.79 Å². The molecule has 3 nitrogen and oxygen atoms in total. The van der Waals surface area contributed by atoms with Gasteiger partial charge in [-0.3, -0.25) is 0 Å². The molecule has 1 aromatic carbocycles. The fourth-order valence-corrected chi connectivity index (χ4v) is 1.79. The second-order valence-electron chi connectivity index (χ2n) is 4.05. The van der Waals surface area contributed by atoms with E-state index in [0.717, 1.165) is 36.8 Å². The molecule has 0 bridgehead atoms. The number of carboxylic acid groups (broad SMARTS) is 1. The maximum absolute atomic E-state index is 10.8. The molecular formula is C14H19NO2. The molecule has 0 aliphatic carbocycles. The van der Waals surface area contributed by atoms with E-state index in [1.807, 2.05) is 18.2 Å². The SMILES string of the molecule is CCCCCC(=CC(=O)O)c1ccccc1N. The number of carbonyl (C=O) groups is 1. The van der Waals surface area contributed by atoms with E-state index >= 15 is 0 Å². The lowest BCUT2D eigenvalue weighted by Crippen LogP contribution is -1.97. The summed E-state index contributed by atoms with van der Waals surface area (Å²) in [6.07, 6.45) is 5.23. The van der Waals surface area contributed by atoms with Crippen molar-refractivity contribution in [1.82, 2.24) is 0 Å². The maximum Gasteiger partial charge on any atom is 0.328 e. The number of anilines is 1. The Bertz CT molecular complexity index is 410. The van der Waals surface area contributed by atoms with Crippen molar-refractivity contribution in [2.75, 3.05) is 5.73 Å². The summed E-state index contributed by atoms with van der Waals surface area (Å²) in [7, 11) is 0. The number of benzene rings is 1. The number of unbranched alkanes of at least 4 members (excludes halogenated alkanes) is 2. The van der Waals surface area contributed by atoms with Gasteiger partial charge in [0.15, 0.2) is 0 Å². The van der Waals surface area contributed by atoms with Crippen LogP contribution < -0.4 is 5.73 Å². The maximum atomic E-state index is 10.8. The third-order valence-electron chi connectivity index (χ3n) is 2.65. The zero-order valence-corrected chi connectivity index (χ0v) is 10.1. The standard InChI is InChI=1S/C14H19NO2/c1-2-3-4-7-11(10-14(16)17)12-8-5-6-9-13(12)15/h5-6,8-10H,2-4,7,15H2,1H3,(H,16,17). The van der Waals surface area contributed by atoms with Crippen LogP contribution in [0.2, 0.25) is 0 Å². The summed E-state index contributed by atoms with van der Waals surface area (Å²) in [6, 6.07) is 7.39. The fraction of sp³-hybridized carbons (Fsp3) is 0.357. The number of nitrogen functional groups attached to an aromatic ring is 1. The topological polar surface area (TPSA) is 63.3 Å². The van der Waals surface area contributed by atoms with Crippen LogP contribution in [0, 0.1) is 0 Å². The number of nitrogens with two attached hydrogens (primary N) is 1. The number of para-hydroxylation sites is 1. The average Bonchev–Trinajstić information content (AvgIpc) is 2.28. The van der Waals surface area contributed by atoms with Crippen molar-refractivity contribution in [3.8, 4) is 0 Å². The summed E-state index contributed by atoms with van der Waals surface area (Å²) in [5.74, 6) is -0.917. The summed E-state index contributed by atoms with van der Waals surface area (Å²) in [4.78, 5) is 10.8. The number of carboxylic acids is 1. The smallest absolute Gasteiger partial charge is 0.328 e. The zero-order chi connectivity index (χ0) is 12.7. The molecule has 0 saturated carbocycles. The van der Waals surface area contributed by atoms with Gasteiger partial charge < -0.3 is 10.8 Å². The van der Waals surface area contributed by atoms with Crippen LogP contribution in [-0.4, -0.2) is 11.1 Å². The normalized spacial score (nSPS) is 11.5. The van der Waals surface area contributed by atoms with Gasteiger partial charge in [0.1, 0.15) is 0 Å². The molecule has 0 radical (unpaired) electrons. The molecule has 0 fully saturated rings. The summed E-state index contributed by atoms with van der Waals surface area (Å²) in [6.45, 7) is 2.12. The monoisotopic (exact) mass is 233 g/mol. The number of allylic oxidation sites excluding steroid dienone is 1. The lowest BCUT2D eigenvalue weighted by molar-refractivity contribution is -0.131. The van der Waals surface area contributed by atoms with Crippen LogP contribution in [0.3, 0.4) is 0 Å². The minimum atomic E-state index is -0.917. The van der Waals surface area contributed by atoms with Crippen LogP contribution in [0.15, 0.2) is 30.3 Å². The van der Waals surface area contributed by atoms with Gasteiger partial charge in [-0.15, -0.1) is 0 Å². The molecule has 3 heteroatoms. The molecule has 0 aromatic heterocycles. The summed E-state index contributed by atoms with van der Waals surface area (Å²) in [5, 5.41) is 8.88. The lowest BCUT2D eigenvalue weighted by Gasteiger charge is -2.09.